The molecule has 112 valence electrons. The van der Waals surface area contributed by atoms with Gasteiger partial charge < -0.3 is 10.3 Å². The summed E-state index contributed by atoms with van der Waals surface area (Å²) in [4.78, 5) is 4.88. The number of nitrogens with zero attached hydrogens (tertiary/aromatic N) is 2. The maximum absolute atomic E-state index is 13.6. The first-order chi connectivity index (χ1) is 10.3. The molecule has 4 rings (SSSR count). The largest absolute Gasteiger partial charge is 0.330 e. The molecule has 21 heavy (non-hydrogen) atoms. The molecule has 2 aliphatic rings. The van der Waals surface area contributed by atoms with Gasteiger partial charge in [-0.25, -0.2) is 9.37 Å². The summed E-state index contributed by atoms with van der Waals surface area (Å²) in [5.41, 5.74) is 7.89. The minimum Gasteiger partial charge on any atom is -0.330 e. The van der Waals surface area contributed by atoms with Gasteiger partial charge in [-0.3, -0.25) is 0 Å². The number of fused-ring (bicyclic) bond motifs is 1. The summed E-state index contributed by atoms with van der Waals surface area (Å²) in [6.45, 7) is 0.729. The molecule has 0 spiro atoms. The summed E-state index contributed by atoms with van der Waals surface area (Å²) in [7, 11) is 0. The van der Waals surface area contributed by atoms with Crippen molar-refractivity contribution >= 4 is 11.0 Å². The fourth-order valence-electron chi connectivity index (χ4n) is 3.89. The summed E-state index contributed by atoms with van der Waals surface area (Å²) in [6.07, 6.45) is 7.27. The molecular formula is C17H22FN3. The summed E-state index contributed by atoms with van der Waals surface area (Å²) in [6, 6.07) is 5.49. The minimum absolute atomic E-state index is 0.171. The maximum atomic E-state index is 13.6. The van der Waals surface area contributed by atoms with Crippen LogP contribution >= 0.6 is 0 Å². The lowest BCUT2D eigenvalue weighted by Gasteiger charge is -2.30. The van der Waals surface area contributed by atoms with Crippen LogP contribution in [0.2, 0.25) is 0 Å². The summed E-state index contributed by atoms with van der Waals surface area (Å²) in [5.74, 6) is 1.96. The molecular weight excluding hydrogens is 265 g/mol. The summed E-state index contributed by atoms with van der Waals surface area (Å²) in [5, 5.41) is 0. The number of halogens is 1. The maximum Gasteiger partial charge on any atom is 0.125 e. The van der Waals surface area contributed by atoms with Crippen molar-refractivity contribution in [3.63, 3.8) is 0 Å². The Morgan fingerprint density at radius 3 is 2.76 bits per heavy atom. The van der Waals surface area contributed by atoms with Crippen molar-refractivity contribution in [2.24, 2.45) is 11.7 Å². The Hall–Kier alpha value is -1.42. The average molecular weight is 287 g/mol. The Balaban J connectivity index is 1.85. The van der Waals surface area contributed by atoms with Crippen molar-refractivity contribution < 1.29 is 4.39 Å². The zero-order chi connectivity index (χ0) is 14.4. The molecule has 0 bridgehead atoms. The van der Waals surface area contributed by atoms with Crippen molar-refractivity contribution in [1.29, 1.82) is 0 Å². The molecule has 4 heteroatoms. The second kappa shape index (κ2) is 5.09. The monoisotopic (exact) mass is 287 g/mol. The number of nitrogens with two attached hydrogens (primary N) is 1. The van der Waals surface area contributed by atoms with Crippen LogP contribution in [0.1, 0.15) is 56.3 Å². The molecule has 2 aliphatic carbocycles. The number of aromatic nitrogens is 2. The zero-order valence-electron chi connectivity index (χ0n) is 12.3. The lowest BCUT2D eigenvalue weighted by molar-refractivity contribution is 0.298. The van der Waals surface area contributed by atoms with Crippen LogP contribution in [0.3, 0.4) is 0 Å². The molecule has 3 nitrogen and oxygen atoms in total. The van der Waals surface area contributed by atoms with Gasteiger partial charge in [-0.1, -0.05) is 12.8 Å². The van der Waals surface area contributed by atoms with Crippen molar-refractivity contribution in [3.8, 4) is 0 Å². The van der Waals surface area contributed by atoms with Crippen molar-refractivity contribution in [2.75, 3.05) is 6.54 Å². The molecule has 1 aromatic carbocycles. The van der Waals surface area contributed by atoms with Crippen LogP contribution in [-0.2, 0) is 0 Å². The second-order valence-electron chi connectivity index (χ2n) is 6.59. The van der Waals surface area contributed by atoms with E-state index >= 15 is 0 Å². The SMILES string of the molecule is NCC1CCCCC1c1nc2ccc(F)cc2n1C1CC1. The van der Waals surface area contributed by atoms with Crippen molar-refractivity contribution in [1.82, 2.24) is 9.55 Å². The fraction of sp³-hybridized carbons (Fsp3) is 0.588. The Bertz CT molecular complexity index is 659. The number of hydrogen-bond donors (Lipinski definition) is 1. The first kappa shape index (κ1) is 13.3. The van der Waals surface area contributed by atoms with Gasteiger partial charge in [0.1, 0.15) is 11.6 Å². The van der Waals surface area contributed by atoms with E-state index in [1.165, 1.54) is 44.6 Å². The van der Waals surface area contributed by atoms with Crippen LogP contribution in [0.15, 0.2) is 18.2 Å². The van der Waals surface area contributed by atoms with Gasteiger partial charge in [-0.2, -0.15) is 0 Å². The van der Waals surface area contributed by atoms with E-state index in [0.29, 0.717) is 17.9 Å². The molecule has 0 radical (unpaired) electrons. The smallest absolute Gasteiger partial charge is 0.125 e. The average Bonchev–Trinajstić information content (AvgIpc) is 3.28. The Morgan fingerprint density at radius 2 is 2.00 bits per heavy atom. The van der Waals surface area contributed by atoms with Crippen molar-refractivity contribution in [3.05, 3.63) is 29.8 Å². The highest BCUT2D eigenvalue weighted by Crippen LogP contribution is 2.44. The van der Waals surface area contributed by atoms with E-state index in [9.17, 15) is 4.39 Å². The van der Waals surface area contributed by atoms with Crippen LogP contribution in [0.25, 0.3) is 11.0 Å². The van der Waals surface area contributed by atoms with Crippen LogP contribution in [-0.4, -0.2) is 16.1 Å². The quantitative estimate of drug-likeness (QED) is 0.934. The molecule has 1 aromatic heterocycles. The van der Waals surface area contributed by atoms with Gasteiger partial charge in [0.2, 0.25) is 0 Å². The van der Waals surface area contributed by atoms with Crippen LogP contribution in [0, 0.1) is 11.7 Å². The molecule has 2 unspecified atom stereocenters. The van der Waals surface area contributed by atoms with Gasteiger partial charge in [-0.15, -0.1) is 0 Å². The predicted molar refractivity (Wildman–Crippen MR) is 81.7 cm³/mol. The van der Waals surface area contributed by atoms with E-state index < -0.39 is 0 Å². The molecule has 0 saturated heterocycles. The highest BCUT2D eigenvalue weighted by atomic mass is 19.1. The summed E-state index contributed by atoms with van der Waals surface area (Å²) >= 11 is 0. The summed E-state index contributed by atoms with van der Waals surface area (Å²) < 4.78 is 16.0. The van der Waals surface area contributed by atoms with E-state index in [1.54, 1.807) is 6.07 Å². The number of benzene rings is 1. The minimum atomic E-state index is -0.171. The van der Waals surface area contributed by atoms with Crippen molar-refractivity contribution in [2.45, 2.75) is 50.5 Å². The zero-order valence-corrected chi connectivity index (χ0v) is 12.3. The Kier molecular flexibility index (Phi) is 3.21. The molecule has 2 atom stereocenters. The van der Waals surface area contributed by atoms with Gasteiger partial charge >= 0.3 is 0 Å². The fourth-order valence-corrected chi connectivity index (χ4v) is 3.89. The molecule has 2 fully saturated rings. The first-order valence-electron chi connectivity index (χ1n) is 8.15. The third kappa shape index (κ3) is 2.26. The highest BCUT2D eigenvalue weighted by Gasteiger charge is 2.34. The number of hydrogen-bond acceptors (Lipinski definition) is 2. The molecule has 2 aromatic rings. The number of imidazole rings is 1. The molecule has 2 saturated carbocycles. The third-order valence-corrected chi connectivity index (χ3v) is 5.13. The van der Waals surface area contributed by atoms with Gasteiger partial charge in [-0.05, 0) is 56.3 Å². The van der Waals surface area contributed by atoms with Gasteiger partial charge in [0.15, 0.2) is 0 Å². The lowest BCUT2D eigenvalue weighted by Crippen LogP contribution is -2.27. The van der Waals surface area contributed by atoms with E-state index in [0.717, 1.165) is 23.4 Å². The molecule has 2 N–H and O–H groups in total. The molecule has 0 aliphatic heterocycles. The molecule has 1 heterocycles. The predicted octanol–water partition coefficient (Wildman–Crippen LogP) is 3.74. The molecule has 0 amide bonds. The standard InChI is InChI=1S/C17H22FN3/c18-12-5-8-15-16(9-12)21(13-6-7-13)17(20-15)14-4-2-1-3-11(14)10-19/h5,8-9,11,13-14H,1-4,6-7,10,19H2. The Morgan fingerprint density at radius 1 is 1.19 bits per heavy atom. The van der Waals surface area contributed by atoms with Crippen LogP contribution in [0.5, 0.6) is 0 Å². The second-order valence-corrected chi connectivity index (χ2v) is 6.59. The van der Waals surface area contributed by atoms with Gasteiger partial charge in [0.05, 0.1) is 11.0 Å². The normalized spacial score (nSPS) is 26.4. The van der Waals surface area contributed by atoms with E-state index in [2.05, 4.69) is 4.57 Å². The van der Waals surface area contributed by atoms with Gasteiger partial charge in [0, 0.05) is 12.0 Å². The van der Waals surface area contributed by atoms with Crippen LogP contribution < -0.4 is 5.73 Å². The highest BCUT2D eigenvalue weighted by molar-refractivity contribution is 5.76. The lowest BCUT2D eigenvalue weighted by atomic mass is 9.78. The van der Waals surface area contributed by atoms with E-state index in [1.807, 2.05) is 6.07 Å². The number of rotatable bonds is 3. The van der Waals surface area contributed by atoms with E-state index in [-0.39, 0.29) is 5.82 Å². The third-order valence-electron chi connectivity index (χ3n) is 5.13. The van der Waals surface area contributed by atoms with Gasteiger partial charge in [0.25, 0.3) is 0 Å². The Labute approximate surface area is 124 Å². The first-order valence-corrected chi connectivity index (χ1v) is 8.15. The topological polar surface area (TPSA) is 43.8 Å². The van der Waals surface area contributed by atoms with Crippen LogP contribution in [0.4, 0.5) is 4.39 Å². The van der Waals surface area contributed by atoms with E-state index in [4.69, 9.17) is 10.7 Å².